The fraction of sp³-hybridized carbons (Fsp3) is 0.450. The van der Waals surface area contributed by atoms with Crippen molar-refractivity contribution in [2.75, 3.05) is 34.4 Å². The maximum Gasteiger partial charge on any atom is 0.257 e. The van der Waals surface area contributed by atoms with E-state index in [0.29, 0.717) is 35.4 Å². The molecule has 0 radical (unpaired) electrons. The minimum absolute atomic E-state index is 0.0341. The van der Waals surface area contributed by atoms with E-state index in [4.69, 9.17) is 18.6 Å². The van der Waals surface area contributed by atoms with Gasteiger partial charge in [-0.15, -0.1) is 0 Å². The van der Waals surface area contributed by atoms with Crippen LogP contribution in [-0.4, -0.2) is 51.3 Å². The molecule has 1 fully saturated rings. The number of hydrogen-bond acceptors (Lipinski definition) is 6. The van der Waals surface area contributed by atoms with Crippen LogP contribution in [0.25, 0.3) is 0 Å². The molecule has 2 aromatic rings. The number of nitrogens with one attached hydrogen (secondary N) is 1. The summed E-state index contributed by atoms with van der Waals surface area (Å²) in [5, 5.41) is 3.56. The molecule has 1 saturated heterocycles. The van der Waals surface area contributed by atoms with Crippen LogP contribution in [0.2, 0.25) is 0 Å². The molecule has 0 aliphatic carbocycles. The van der Waals surface area contributed by atoms with Crippen molar-refractivity contribution < 1.29 is 23.4 Å². The molecule has 0 unspecified atom stereocenters. The van der Waals surface area contributed by atoms with Crippen molar-refractivity contribution >= 4 is 5.91 Å². The zero-order valence-electron chi connectivity index (χ0n) is 16.0. The summed E-state index contributed by atoms with van der Waals surface area (Å²) >= 11 is 0. The molecule has 7 heteroatoms. The first-order valence-corrected chi connectivity index (χ1v) is 9.00. The van der Waals surface area contributed by atoms with E-state index < -0.39 is 0 Å². The number of piperidine rings is 1. The molecule has 1 aliphatic heterocycles. The smallest absolute Gasteiger partial charge is 0.257 e. The molecule has 1 N–H and O–H groups in total. The van der Waals surface area contributed by atoms with Gasteiger partial charge in [0.05, 0.1) is 33.2 Å². The van der Waals surface area contributed by atoms with Crippen molar-refractivity contribution in [3.05, 3.63) is 41.9 Å². The number of rotatable bonds is 7. The second-order valence-corrected chi connectivity index (χ2v) is 6.49. The zero-order chi connectivity index (χ0) is 19.2. The van der Waals surface area contributed by atoms with Crippen LogP contribution in [0, 0.1) is 0 Å². The number of carbonyl (C=O) groups excluding carboxylic acids is 1. The number of hydrogen-bond donors (Lipinski definition) is 1. The molecule has 27 heavy (non-hydrogen) atoms. The highest BCUT2D eigenvalue weighted by atomic mass is 16.5. The highest BCUT2D eigenvalue weighted by Crippen LogP contribution is 2.38. The van der Waals surface area contributed by atoms with Gasteiger partial charge in [0.2, 0.25) is 5.75 Å². The summed E-state index contributed by atoms with van der Waals surface area (Å²) in [7, 11) is 4.82. The van der Waals surface area contributed by atoms with E-state index in [9.17, 15) is 4.79 Å². The largest absolute Gasteiger partial charge is 0.493 e. The molecule has 0 atom stereocenters. The summed E-state index contributed by atoms with van der Waals surface area (Å²) in [6.45, 7) is 2.16. The van der Waals surface area contributed by atoms with Gasteiger partial charge in [-0.2, -0.15) is 0 Å². The average molecular weight is 374 g/mol. The van der Waals surface area contributed by atoms with Gasteiger partial charge in [-0.1, -0.05) is 0 Å². The molecular formula is C20H26N2O5. The van der Waals surface area contributed by atoms with Crippen molar-refractivity contribution in [1.82, 2.24) is 10.2 Å². The summed E-state index contributed by atoms with van der Waals surface area (Å²) in [6.07, 6.45) is 4.85. The topological polar surface area (TPSA) is 73.2 Å². The Kier molecular flexibility index (Phi) is 6.24. The second-order valence-electron chi connectivity index (χ2n) is 6.49. The third kappa shape index (κ3) is 4.36. The Balaban J connectivity index is 1.55. The highest BCUT2D eigenvalue weighted by molar-refractivity contribution is 5.93. The predicted molar refractivity (Wildman–Crippen MR) is 101 cm³/mol. The molecule has 1 aromatic carbocycles. The summed E-state index contributed by atoms with van der Waals surface area (Å²) in [5.41, 5.74) is 1.67. The van der Waals surface area contributed by atoms with Crippen molar-refractivity contribution in [2.24, 2.45) is 0 Å². The number of amides is 1. The van der Waals surface area contributed by atoms with Gasteiger partial charge in [-0.05, 0) is 36.6 Å². The minimum Gasteiger partial charge on any atom is -0.493 e. The normalized spacial score (nSPS) is 14.9. The number of furan rings is 1. The van der Waals surface area contributed by atoms with Crippen molar-refractivity contribution in [1.29, 1.82) is 0 Å². The van der Waals surface area contributed by atoms with Gasteiger partial charge in [0.25, 0.3) is 5.91 Å². The van der Waals surface area contributed by atoms with Crippen LogP contribution in [0.3, 0.4) is 0 Å². The zero-order valence-corrected chi connectivity index (χ0v) is 16.0. The second kappa shape index (κ2) is 8.81. The van der Waals surface area contributed by atoms with E-state index in [-0.39, 0.29) is 5.91 Å². The van der Waals surface area contributed by atoms with Crippen LogP contribution in [-0.2, 0) is 6.54 Å². The molecular weight excluding hydrogens is 348 g/mol. The van der Waals surface area contributed by atoms with Crippen LogP contribution in [0.15, 0.2) is 35.1 Å². The highest BCUT2D eigenvalue weighted by Gasteiger charge is 2.24. The third-order valence-electron chi connectivity index (χ3n) is 4.87. The van der Waals surface area contributed by atoms with E-state index in [1.54, 1.807) is 27.4 Å². The Morgan fingerprint density at radius 1 is 1.15 bits per heavy atom. The predicted octanol–water partition coefficient (Wildman–Crippen LogP) is 2.70. The quantitative estimate of drug-likeness (QED) is 0.803. The summed E-state index contributed by atoms with van der Waals surface area (Å²) in [5.74, 6) is 1.92. The SMILES string of the molecule is COc1cc(CNC2CCN(C(=O)c3ccoc3)CC2)cc(OC)c1OC. The summed E-state index contributed by atoms with van der Waals surface area (Å²) in [4.78, 5) is 14.2. The van der Waals surface area contributed by atoms with Crippen molar-refractivity contribution in [2.45, 2.75) is 25.4 Å². The Hall–Kier alpha value is -2.67. The molecule has 3 rings (SSSR count). The van der Waals surface area contributed by atoms with Crippen molar-refractivity contribution in [3.63, 3.8) is 0 Å². The maximum absolute atomic E-state index is 12.4. The molecule has 0 saturated carbocycles. The van der Waals surface area contributed by atoms with Gasteiger partial charge in [0.1, 0.15) is 6.26 Å². The summed E-state index contributed by atoms with van der Waals surface area (Å²) < 4.78 is 21.2. The number of nitrogens with zero attached hydrogens (tertiary/aromatic N) is 1. The van der Waals surface area contributed by atoms with Gasteiger partial charge in [-0.3, -0.25) is 4.79 Å². The van der Waals surface area contributed by atoms with Gasteiger partial charge in [0, 0.05) is 25.7 Å². The molecule has 0 bridgehead atoms. The molecule has 1 amide bonds. The third-order valence-corrected chi connectivity index (χ3v) is 4.87. The number of carbonyl (C=O) groups is 1. The fourth-order valence-corrected chi connectivity index (χ4v) is 3.36. The van der Waals surface area contributed by atoms with Gasteiger partial charge < -0.3 is 28.8 Å². The molecule has 2 heterocycles. The Morgan fingerprint density at radius 2 is 1.81 bits per heavy atom. The van der Waals surface area contributed by atoms with E-state index in [0.717, 1.165) is 31.5 Å². The van der Waals surface area contributed by atoms with E-state index in [2.05, 4.69) is 5.32 Å². The van der Waals surface area contributed by atoms with Crippen LogP contribution in [0.5, 0.6) is 17.2 Å². The van der Waals surface area contributed by atoms with Crippen LogP contribution < -0.4 is 19.5 Å². The number of methoxy groups -OCH3 is 3. The standard InChI is InChI=1S/C20H26N2O5/c1-24-17-10-14(11-18(25-2)19(17)26-3)12-21-16-4-7-22(8-5-16)20(23)15-6-9-27-13-15/h6,9-11,13,16,21H,4-5,7-8,12H2,1-3H3. The maximum atomic E-state index is 12.4. The summed E-state index contributed by atoms with van der Waals surface area (Å²) in [6, 6.07) is 5.96. The van der Waals surface area contributed by atoms with Crippen LogP contribution in [0.1, 0.15) is 28.8 Å². The van der Waals surface area contributed by atoms with E-state index >= 15 is 0 Å². The number of benzene rings is 1. The Morgan fingerprint density at radius 3 is 2.33 bits per heavy atom. The van der Waals surface area contributed by atoms with Crippen molar-refractivity contribution in [3.8, 4) is 17.2 Å². The lowest BCUT2D eigenvalue weighted by atomic mass is 10.0. The van der Waals surface area contributed by atoms with E-state index in [1.807, 2.05) is 17.0 Å². The average Bonchev–Trinajstić information content (AvgIpc) is 3.26. The molecule has 0 spiro atoms. The van der Waals surface area contributed by atoms with Gasteiger partial charge >= 0.3 is 0 Å². The molecule has 1 aliphatic rings. The van der Waals surface area contributed by atoms with Crippen LogP contribution in [0.4, 0.5) is 0 Å². The Labute approximate surface area is 159 Å². The first-order valence-electron chi connectivity index (χ1n) is 9.00. The lowest BCUT2D eigenvalue weighted by Crippen LogP contribution is -2.44. The number of ether oxygens (including phenoxy) is 3. The van der Waals surface area contributed by atoms with E-state index in [1.165, 1.54) is 12.5 Å². The molecule has 146 valence electrons. The fourth-order valence-electron chi connectivity index (χ4n) is 3.36. The lowest BCUT2D eigenvalue weighted by Gasteiger charge is -2.32. The molecule has 7 nitrogen and oxygen atoms in total. The molecule has 1 aromatic heterocycles. The van der Waals surface area contributed by atoms with Crippen LogP contribution >= 0.6 is 0 Å². The van der Waals surface area contributed by atoms with Gasteiger partial charge in [-0.25, -0.2) is 0 Å². The first-order chi connectivity index (χ1) is 13.2. The monoisotopic (exact) mass is 374 g/mol. The van der Waals surface area contributed by atoms with Gasteiger partial charge in [0.15, 0.2) is 11.5 Å². The number of likely N-dealkylation sites (tertiary alicyclic amines) is 1. The lowest BCUT2D eigenvalue weighted by molar-refractivity contribution is 0.0704. The Bertz CT molecular complexity index is 727. The first kappa shape index (κ1) is 19.1. The minimum atomic E-state index is 0.0341.